The molecule has 1 heterocycles. The molecule has 1 aliphatic heterocycles. The van der Waals surface area contributed by atoms with Crippen molar-refractivity contribution in [3.8, 4) is 0 Å². The van der Waals surface area contributed by atoms with Crippen LogP contribution < -0.4 is 10.6 Å². The smallest absolute Gasteiger partial charge is 0.243 e. The van der Waals surface area contributed by atoms with E-state index in [0.717, 1.165) is 44.2 Å². The first-order chi connectivity index (χ1) is 13.6. The molecule has 0 spiro atoms. The molecule has 3 aliphatic rings. The molecule has 2 atom stereocenters. The van der Waals surface area contributed by atoms with Crippen LogP contribution in [-0.4, -0.2) is 73.5 Å². The van der Waals surface area contributed by atoms with E-state index in [4.69, 9.17) is 0 Å². The summed E-state index contributed by atoms with van der Waals surface area (Å²) >= 11 is 0. The van der Waals surface area contributed by atoms with Gasteiger partial charge in [0.1, 0.15) is 6.54 Å². The third kappa shape index (κ3) is 4.85. The van der Waals surface area contributed by atoms with Gasteiger partial charge in [0.25, 0.3) is 0 Å². The summed E-state index contributed by atoms with van der Waals surface area (Å²) in [6.45, 7) is 2.44. The van der Waals surface area contributed by atoms with E-state index in [1.165, 1.54) is 30.5 Å². The molecule has 1 amide bonds. The Balaban J connectivity index is 1.39. The second-order valence-corrected chi connectivity index (χ2v) is 8.66. The van der Waals surface area contributed by atoms with Crippen LogP contribution in [0.25, 0.3) is 0 Å². The Bertz CT molecular complexity index is 727. The maximum atomic E-state index is 12.0. The minimum Gasteiger partial charge on any atom is -0.353 e. The SMILES string of the molecule is CN(C)C(=O)CN=C(NC1CCc2ccccc2C1)NC1CCN(C2CC2)C1. The predicted octanol–water partition coefficient (Wildman–Crippen LogP) is 1.40. The Kier molecular flexibility index (Phi) is 5.85. The maximum absolute atomic E-state index is 12.0. The van der Waals surface area contributed by atoms with Gasteiger partial charge in [-0.1, -0.05) is 24.3 Å². The summed E-state index contributed by atoms with van der Waals surface area (Å²) in [6, 6.07) is 10.3. The molecular weight excluding hydrogens is 350 g/mol. The number of rotatable bonds is 5. The molecule has 2 aliphatic carbocycles. The number of fused-ring (bicyclic) bond motifs is 1. The summed E-state index contributed by atoms with van der Waals surface area (Å²) in [7, 11) is 3.56. The van der Waals surface area contributed by atoms with Gasteiger partial charge in [0.2, 0.25) is 5.91 Å². The standard InChI is InChI=1S/C22H33N5O/c1-26(2)21(28)14-23-22(25-19-11-12-27(15-19)20-9-10-20)24-18-8-7-16-5-3-4-6-17(16)13-18/h3-6,18-20H,7-15H2,1-2H3,(H2,23,24,25). The van der Waals surface area contributed by atoms with Crippen molar-refractivity contribution in [2.45, 2.75) is 56.7 Å². The second kappa shape index (κ2) is 8.52. The molecule has 1 saturated carbocycles. The van der Waals surface area contributed by atoms with Gasteiger partial charge in [0.05, 0.1) is 0 Å². The molecule has 0 bridgehead atoms. The van der Waals surface area contributed by atoms with Crippen molar-refractivity contribution >= 4 is 11.9 Å². The average molecular weight is 384 g/mol. The van der Waals surface area contributed by atoms with Crippen LogP contribution >= 0.6 is 0 Å². The highest BCUT2D eigenvalue weighted by Crippen LogP contribution is 2.29. The third-order valence-corrected chi connectivity index (χ3v) is 6.18. The minimum absolute atomic E-state index is 0.0288. The van der Waals surface area contributed by atoms with Gasteiger partial charge in [-0.05, 0) is 49.7 Å². The van der Waals surface area contributed by atoms with E-state index in [-0.39, 0.29) is 12.5 Å². The van der Waals surface area contributed by atoms with Crippen molar-refractivity contribution in [2.75, 3.05) is 33.7 Å². The average Bonchev–Trinajstić information content (AvgIpc) is 3.45. The van der Waals surface area contributed by atoms with E-state index in [1.807, 2.05) is 0 Å². The number of aliphatic imine (C=N–C) groups is 1. The lowest BCUT2D eigenvalue weighted by Crippen LogP contribution is -2.50. The fourth-order valence-electron chi connectivity index (χ4n) is 4.31. The number of aryl methyl sites for hydroxylation is 1. The molecule has 0 radical (unpaired) electrons. The van der Waals surface area contributed by atoms with Crippen molar-refractivity contribution in [1.29, 1.82) is 0 Å². The number of hydrogen-bond acceptors (Lipinski definition) is 3. The molecule has 2 unspecified atom stereocenters. The van der Waals surface area contributed by atoms with Crippen molar-refractivity contribution < 1.29 is 4.79 Å². The molecule has 6 heteroatoms. The summed E-state index contributed by atoms with van der Waals surface area (Å²) in [5, 5.41) is 7.25. The molecule has 2 fully saturated rings. The zero-order valence-electron chi connectivity index (χ0n) is 17.2. The van der Waals surface area contributed by atoms with E-state index in [1.54, 1.807) is 19.0 Å². The summed E-state index contributed by atoms with van der Waals surface area (Å²) in [5.41, 5.74) is 2.89. The number of likely N-dealkylation sites (tertiary alicyclic amines) is 1. The Hall–Kier alpha value is -2.08. The first-order valence-corrected chi connectivity index (χ1v) is 10.7. The van der Waals surface area contributed by atoms with Gasteiger partial charge < -0.3 is 15.5 Å². The van der Waals surface area contributed by atoms with Gasteiger partial charge in [-0.15, -0.1) is 0 Å². The normalized spacial score (nSPS) is 25.3. The molecule has 2 N–H and O–H groups in total. The van der Waals surface area contributed by atoms with Crippen LogP contribution in [0, 0.1) is 0 Å². The van der Waals surface area contributed by atoms with E-state index < -0.39 is 0 Å². The van der Waals surface area contributed by atoms with Gasteiger partial charge in [-0.2, -0.15) is 0 Å². The monoisotopic (exact) mass is 383 g/mol. The zero-order chi connectivity index (χ0) is 19.5. The van der Waals surface area contributed by atoms with Crippen molar-refractivity contribution in [3.05, 3.63) is 35.4 Å². The van der Waals surface area contributed by atoms with Gasteiger partial charge in [0.15, 0.2) is 5.96 Å². The minimum atomic E-state index is 0.0288. The van der Waals surface area contributed by atoms with Gasteiger partial charge in [0, 0.05) is 45.3 Å². The van der Waals surface area contributed by atoms with Crippen molar-refractivity contribution in [1.82, 2.24) is 20.4 Å². The van der Waals surface area contributed by atoms with Crippen LogP contribution in [0.3, 0.4) is 0 Å². The van der Waals surface area contributed by atoms with E-state index in [9.17, 15) is 4.79 Å². The topological polar surface area (TPSA) is 60.0 Å². The molecule has 152 valence electrons. The maximum Gasteiger partial charge on any atom is 0.243 e. The number of carbonyl (C=O) groups is 1. The quantitative estimate of drug-likeness (QED) is 0.596. The van der Waals surface area contributed by atoms with E-state index >= 15 is 0 Å². The number of benzene rings is 1. The Morgan fingerprint density at radius 2 is 1.86 bits per heavy atom. The molecule has 6 nitrogen and oxygen atoms in total. The second-order valence-electron chi connectivity index (χ2n) is 8.66. The summed E-state index contributed by atoms with van der Waals surface area (Å²) < 4.78 is 0. The van der Waals surface area contributed by atoms with Crippen LogP contribution in [0.15, 0.2) is 29.3 Å². The number of carbonyl (C=O) groups excluding carboxylic acids is 1. The van der Waals surface area contributed by atoms with Crippen LogP contribution in [-0.2, 0) is 17.6 Å². The zero-order valence-corrected chi connectivity index (χ0v) is 17.2. The Morgan fingerprint density at radius 1 is 1.11 bits per heavy atom. The number of amides is 1. The molecule has 28 heavy (non-hydrogen) atoms. The molecule has 4 rings (SSSR count). The van der Waals surface area contributed by atoms with Gasteiger partial charge in [-0.3, -0.25) is 9.69 Å². The fourth-order valence-corrected chi connectivity index (χ4v) is 4.31. The van der Waals surface area contributed by atoms with Crippen LogP contribution in [0.2, 0.25) is 0 Å². The van der Waals surface area contributed by atoms with Crippen LogP contribution in [0.1, 0.15) is 36.8 Å². The molecular formula is C22H33N5O. The first kappa shape index (κ1) is 19.2. The summed E-state index contributed by atoms with van der Waals surface area (Å²) in [6.07, 6.45) is 7.05. The Labute approximate surface area is 168 Å². The van der Waals surface area contributed by atoms with Crippen LogP contribution in [0.4, 0.5) is 0 Å². The molecule has 0 aromatic heterocycles. The fraction of sp³-hybridized carbons (Fsp3) is 0.636. The lowest BCUT2D eigenvalue weighted by molar-refractivity contribution is -0.127. The number of likely N-dealkylation sites (N-methyl/N-ethyl adjacent to an activating group) is 1. The number of guanidine groups is 1. The highest BCUT2D eigenvalue weighted by atomic mass is 16.2. The highest BCUT2D eigenvalue weighted by molar-refractivity contribution is 5.85. The molecule has 1 aromatic carbocycles. The number of nitrogens with zero attached hydrogens (tertiary/aromatic N) is 3. The van der Waals surface area contributed by atoms with E-state index in [0.29, 0.717) is 12.1 Å². The lowest BCUT2D eigenvalue weighted by atomic mass is 9.88. The summed E-state index contributed by atoms with van der Waals surface area (Å²) in [4.78, 5) is 20.9. The summed E-state index contributed by atoms with van der Waals surface area (Å²) in [5.74, 6) is 0.823. The Morgan fingerprint density at radius 3 is 2.61 bits per heavy atom. The lowest BCUT2D eigenvalue weighted by Gasteiger charge is -2.28. The van der Waals surface area contributed by atoms with Crippen molar-refractivity contribution in [2.24, 2.45) is 4.99 Å². The van der Waals surface area contributed by atoms with Gasteiger partial charge in [-0.25, -0.2) is 4.99 Å². The van der Waals surface area contributed by atoms with Crippen LogP contribution in [0.5, 0.6) is 0 Å². The van der Waals surface area contributed by atoms with Crippen molar-refractivity contribution in [3.63, 3.8) is 0 Å². The first-order valence-electron chi connectivity index (χ1n) is 10.7. The largest absolute Gasteiger partial charge is 0.353 e. The van der Waals surface area contributed by atoms with E-state index in [2.05, 4.69) is 44.8 Å². The molecule has 1 aromatic rings. The number of hydrogen-bond donors (Lipinski definition) is 2. The number of nitrogens with one attached hydrogen (secondary N) is 2. The van der Waals surface area contributed by atoms with Gasteiger partial charge >= 0.3 is 0 Å². The highest BCUT2D eigenvalue weighted by Gasteiger charge is 2.34. The molecule has 1 saturated heterocycles. The predicted molar refractivity (Wildman–Crippen MR) is 113 cm³/mol. The third-order valence-electron chi connectivity index (χ3n) is 6.18.